The highest BCUT2D eigenvalue weighted by Crippen LogP contribution is 2.26. The number of aromatic nitrogens is 4. The zero-order valence-electron chi connectivity index (χ0n) is 19.5. The number of nitrogens with one attached hydrogen (secondary N) is 2. The minimum atomic E-state index is -0.474. The van der Waals surface area contributed by atoms with Crippen molar-refractivity contribution in [2.45, 2.75) is 40.6 Å². The zero-order chi connectivity index (χ0) is 24.9. The lowest BCUT2D eigenvalue weighted by molar-refractivity contribution is 0.0943. The molecule has 0 spiro atoms. The molecule has 11 heteroatoms. The quantitative estimate of drug-likeness (QED) is 0.359. The maximum Gasteiger partial charge on any atom is 0.276 e. The number of nitrogens with zero attached hydrogens (tertiary/aromatic N) is 4. The minimum absolute atomic E-state index is 0.100. The summed E-state index contributed by atoms with van der Waals surface area (Å²) in [5.74, 6) is 0.354. The van der Waals surface area contributed by atoms with Crippen LogP contribution < -0.4 is 15.4 Å². The molecule has 2 amide bonds. The number of hydrogen-bond donors (Lipinski definition) is 2. The van der Waals surface area contributed by atoms with Gasteiger partial charge in [-0.3, -0.25) is 14.3 Å². The molecule has 0 saturated heterocycles. The monoisotopic (exact) mass is 496 g/mol. The fraction of sp³-hybridized carbons (Fsp3) is 0.250. The van der Waals surface area contributed by atoms with Gasteiger partial charge in [0.25, 0.3) is 11.8 Å². The van der Waals surface area contributed by atoms with Gasteiger partial charge in [0.2, 0.25) is 0 Å². The van der Waals surface area contributed by atoms with E-state index in [1.165, 1.54) is 10.9 Å². The van der Waals surface area contributed by atoms with E-state index in [4.69, 9.17) is 20.8 Å². The maximum absolute atomic E-state index is 12.8. The van der Waals surface area contributed by atoms with Gasteiger partial charge in [0.1, 0.15) is 11.5 Å². The molecule has 10 nitrogen and oxygen atoms in total. The van der Waals surface area contributed by atoms with E-state index in [1.807, 2.05) is 32.9 Å². The third kappa shape index (κ3) is 5.72. The van der Waals surface area contributed by atoms with Gasteiger partial charge in [-0.2, -0.15) is 10.2 Å². The second kappa shape index (κ2) is 10.5. The molecular formula is C24H25ClN6O4. The highest BCUT2D eigenvalue weighted by atomic mass is 35.5. The van der Waals surface area contributed by atoms with Gasteiger partial charge in [0, 0.05) is 24.0 Å². The molecule has 0 aliphatic carbocycles. The highest BCUT2D eigenvalue weighted by Gasteiger charge is 2.20. The molecule has 3 aromatic heterocycles. The second-order valence-corrected chi connectivity index (χ2v) is 8.23. The number of rotatable bonds is 9. The molecule has 0 bridgehead atoms. The third-order valence-corrected chi connectivity index (χ3v) is 5.80. The Kier molecular flexibility index (Phi) is 7.21. The van der Waals surface area contributed by atoms with Crippen LogP contribution in [0.1, 0.15) is 44.8 Å². The molecule has 182 valence electrons. The first kappa shape index (κ1) is 24.1. The molecule has 0 aliphatic heterocycles. The molecule has 2 N–H and O–H groups in total. The van der Waals surface area contributed by atoms with E-state index in [9.17, 15) is 9.59 Å². The van der Waals surface area contributed by atoms with Crippen LogP contribution in [-0.2, 0) is 19.8 Å². The summed E-state index contributed by atoms with van der Waals surface area (Å²) in [6, 6.07) is 8.74. The minimum Gasteiger partial charge on any atom is -0.471 e. The van der Waals surface area contributed by atoms with Crippen molar-refractivity contribution in [1.29, 1.82) is 0 Å². The predicted molar refractivity (Wildman–Crippen MR) is 130 cm³/mol. The number of carbonyl (C=O) groups is 2. The summed E-state index contributed by atoms with van der Waals surface area (Å²) < 4.78 is 14.1. The van der Waals surface area contributed by atoms with E-state index in [2.05, 4.69) is 20.8 Å². The van der Waals surface area contributed by atoms with Gasteiger partial charge in [-0.25, -0.2) is 4.68 Å². The largest absolute Gasteiger partial charge is 0.471 e. The number of halogens is 1. The van der Waals surface area contributed by atoms with Crippen molar-refractivity contribution in [2.24, 2.45) is 0 Å². The van der Waals surface area contributed by atoms with Crippen molar-refractivity contribution >= 4 is 29.1 Å². The zero-order valence-corrected chi connectivity index (χ0v) is 20.3. The summed E-state index contributed by atoms with van der Waals surface area (Å²) in [5, 5.41) is 14.7. The Balaban J connectivity index is 1.41. The summed E-state index contributed by atoms with van der Waals surface area (Å²) in [5.41, 5.74) is 2.38. The number of amides is 2. The topological polar surface area (TPSA) is 116 Å². The van der Waals surface area contributed by atoms with Crippen molar-refractivity contribution in [3.05, 3.63) is 82.3 Å². The van der Waals surface area contributed by atoms with Crippen molar-refractivity contribution < 1.29 is 18.7 Å². The van der Waals surface area contributed by atoms with Crippen LogP contribution in [-0.4, -0.2) is 31.4 Å². The molecule has 0 aliphatic rings. The van der Waals surface area contributed by atoms with Gasteiger partial charge < -0.3 is 19.8 Å². The first-order valence-corrected chi connectivity index (χ1v) is 11.3. The molecule has 4 aromatic rings. The normalized spacial score (nSPS) is 10.9. The van der Waals surface area contributed by atoms with Crippen LogP contribution in [0.5, 0.6) is 5.75 Å². The fourth-order valence-electron chi connectivity index (χ4n) is 3.38. The standard InChI is InChI=1S/C24H25ClN6O4/c1-4-30-13-20(22(29-30)24(33)26-12-17-6-5-9-34-17)27-23(32)19-7-8-31(28-19)14-35-18-10-15(2)21(25)16(3)11-18/h5-11,13H,4,12,14H2,1-3H3,(H,26,33)(H,27,32). The van der Waals surface area contributed by atoms with Crippen molar-refractivity contribution in [1.82, 2.24) is 24.9 Å². The van der Waals surface area contributed by atoms with Gasteiger partial charge in [-0.05, 0) is 62.2 Å². The van der Waals surface area contributed by atoms with Crippen LogP contribution in [0.25, 0.3) is 0 Å². The van der Waals surface area contributed by atoms with E-state index < -0.39 is 11.8 Å². The molecule has 1 aromatic carbocycles. The Morgan fingerprint density at radius 2 is 1.89 bits per heavy atom. The number of benzene rings is 1. The van der Waals surface area contributed by atoms with Crippen molar-refractivity contribution in [3.8, 4) is 5.75 Å². The van der Waals surface area contributed by atoms with Gasteiger partial charge >= 0.3 is 0 Å². The number of hydrogen-bond acceptors (Lipinski definition) is 6. The molecule has 0 saturated carbocycles. The van der Waals surface area contributed by atoms with Gasteiger partial charge in [-0.15, -0.1) is 0 Å². The van der Waals surface area contributed by atoms with Gasteiger partial charge in [-0.1, -0.05) is 11.6 Å². The van der Waals surface area contributed by atoms with Crippen LogP contribution in [0.15, 0.2) is 53.4 Å². The number of carbonyl (C=O) groups excluding carboxylic acids is 2. The van der Waals surface area contributed by atoms with Crippen LogP contribution in [0.4, 0.5) is 5.69 Å². The molecule has 0 radical (unpaired) electrons. The number of aryl methyl sites for hydroxylation is 3. The smallest absolute Gasteiger partial charge is 0.276 e. The summed E-state index contributed by atoms with van der Waals surface area (Å²) >= 11 is 6.20. The van der Waals surface area contributed by atoms with E-state index >= 15 is 0 Å². The van der Waals surface area contributed by atoms with Crippen molar-refractivity contribution in [3.63, 3.8) is 0 Å². The Morgan fingerprint density at radius 3 is 2.57 bits per heavy atom. The average molecular weight is 497 g/mol. The van der Waals surface area contributed by atoms with Crippen LogP contribution in [0.3, 0.4) is 0 Å². The lowest BCUT2D eigenvalue weighted by Gasteiger charge is -2.10. The fourth-order valence-corrected chi connectivity index (χ4v) is 3.49. The van der Waals surface area contributed by atoms with E-state index in [0.717, 1.165) is 11.1 Å². The van der Waals surface area contributed by atoms with Gasteiger partial charge in [0.05, 0.1) is 18.5 Å². The lowest BCUT2D eigenvalue weighted by Crippen LogP contribution is -2.25. The second-order valence-electron chi connectivity index (χ2n) is 7.85. The summed E-state index contributed by atoms with van der Waals surface area (Å²) in [6.07, 6.45) is 4.77. The van der Waals surface area contributed by atoms with E-state index in [-0.39, 0.29) is 30.4 Å². The predicted octanol–water partition coefficient (Wildman–Crippen LogP) is 4.18. The molecular weight excluding hydrogens is 472 g/mol. The Labute approximate surface area is 206 Å². The van der Waals surface area contributed by atoms with E-state index in [0.29, 0.717) is 23.1 Å². The summed E-state index contributed by atoms with van der Waals surface area (Å²) in [7, 11) is 0. The molecule has 3 heterocycles. The Hall–Kier alpha value is -4.05. The van der Waals surface area contributed by atoms with E-state index in [1.54, 1.807) is 35.3 Å². The number of ether oxygens (including phenoxy) is 1. The SMILES string of the molecule is CCn1cc(NC(=O)c2ccn(COc3cc(C)c(Cl)c(C)c3)n2)c(C(=O)NCc2ccco2)n1. The average Bonchev–Trinajstić information content (AvgIpc) is 3.60. The Bertz CT molecular complexity index is 1320. The first-order valence-electron chi connectivity index (χ1n) is 11.0. The summed E-state index contributed by atoms with van der Waals surface area (Å²) in [6.45, 7) is 6.55. The first-order chi connectivity index (χ1) is 16.8. The maximum atomic E-state index is 12.8. The lowest BCUT2D eigenvalue weighted by atomic mass is 10.1. The van der Waals surface area contributed by atoms with Crippen LogP contribution >= 0.6 is 11.6 Å². The third-order valence-electron chi connectivity index (χ3n) is 5.20. The Morgan fingerprint density at radius 1 is 1.11 bits per heavy atom. The highest BCUT2D eigenvalue weighted by molar-refractivity contribution is 6.32. The van der Waals surface area contributed by atoms with Crippen LogP contribution in [0, 0.1) is 13.8 Å². The molecule has 0 fully saturated rings. The molecule has 0 unspecified atom stereocenters. The van der Waals surface area contributed by atoms with Gasteiger partial charge in [0.15, 0.2) is 18.1 Å². The molecule has 4 rings (SSSR count). The molecule has 0 atom stereocenters. The molecule has 35 heavy (non-hydrogen) atoms. The summed E-state index contributed by atoms with van der Waals surface area (Å²) in [4.78, 5) is 25.5. The number of furan rings is 1. The van der Waals surface area contributed by atoms with Crippen LogP contribution in [0.2, 0.25) is 5.02 Å². The number of anilines is 1. The van der Waals surface area contributed by atoms with Crippen molar-refractivity contribution in [2.75, 3.05) is 5.32 Å².